The predicted molar refractivity (Wildman–Crippen MR) is 81.0 cm³/mol. The van der Waals surface area contributed by atoms with E-state index in [4.69, 9.17) is 4.74 Å². The van der Waals surface area contributed by atoms with Gasteiger partial charge in [-0.05, 0) is 25.7 Å². The van der Waals surface area contributed by atoms with Gasteiger partial charge in [-0.15, -0.1) is 0 Å². The number of aliphatic hydroxyl groups excluding tert-OH is 1. The number of ether oxygens (including phenoxy) is 1. The van der Waals surface area contributed by atoms with Crippen LogP contribution in [0, 0.1) is 23.2 Å². The topological polar surface area (TPSA) is 83.8 Å². The molecule has 0 aromatic rings. The molecule has 5 nitrogen and oxygen atoms in total. The molecule has 2 N–H and O–H groups in total. The molecule has 0 radical (unpaired) electrons. The third kappa shape index (κ3) is 2.69. The minimum absolute atomic E-state index is 0.0439. The van der Waals surface area contributed by atoms with E-state index in [1.807, 2.05) is 13.8 Å². The zero-order valence-electron chi connectivity index (χ0n) is 14.1. The van der Waals surface area contributed by atoms with Crippen molar-refractivity contribution in [1.29, 1.82) is 0 Å². The van der Waals surface area contributed by atoms with E-state index in [0.717, 1.165) is 0 Å². The van der Waals surface area contributed by atoms with Crippen molar-refractivity contribution in [2.24, 2.45) is 23.2 Å². The van der Waals surface area contributed by atoms with Crippen molar-refractivity contribution in [3.63, 3.8) is 0 Å². The van der Waals surface area contributed by atoms with Crippen LogP contribution in [0.2, 0.25) is 0 Å². The lowest BCUT2D eigenvalue weighted by Crippen LogP contribution is -2.65. The van der Waals surface area contributed by atoms with E-state index in [1.165, 1.54) is 6.92 Å². The summed E-state index contributed by atoms with van der Waals surface area (Å²) in [5, 5.41) is 21.5. The molecule has 0 bridgehead atoms. The van der Waals surface area contributed by atoms with Crippen LogP contribution in [0.5, 0.6) is 0 Å². The lowest BCUT2D eigenvalue weighted by molar-refractivity contribution is -0.220. The lowest BCUT2D eigenvalue weighted by atomic mass is 9.50. The van der Waals surface area contributed by atoms with Crippen molar-refractivity contribution >= 4 is 11.8 Å². The van der Waals surface area contributed by atoms with Crippen LogP contribution in [0.15, 0.2) is 0 Å². The van der Waals surface area contributed by atoms with E-state index in [2.05, 4.69) is 0 Å². The van der Waals surface area contributed by atoms with Crippen LogP contribution in [0.3, 0.4) is 0 Å². The molecule has 2 aliphatic rings. The van der Waals surface area contributed by atoms with Gasteiger partial charge in [0.1, 0.15) is 11.9 Å². The van der Waals surface area contributed by atoms with Crippen molar-refractivity contribution in [3.8, 4) is 0 Å². The van der Waals surface area contributed by atoms with Crippen molar-refractivity contribution in [2.45, 2.75) is 71.7 Å². The summed E-state index contributed by atoms with van der Waals surface area (Å²) < 4.78 is 5.54. The van der Waals surface area contributed by atoms with Gasteiger partial charge >= 0.3 is 5.97 Å². The number of esters is 1. The van der Waals surface area contributed by atoms with Crippen LogP contribution in [0.25, 0.3) is 0 Å². The first-order valence-corrected chi connectivity index (χ1v) is 8.11. The normalized spacial score (nSPS) is 45.5. The average Bonchev–Trinajstić information content (AvgIpc) is 2.32. The maximum atomic E-state index is 12.5. The monoisotopic (exact) mass is 312 g/mol. The van der Waals surface area contributed by atoms with Gasteiger partial charge in [0.25, 0.3) is 0 Å². The van der Waals surface area contributed by atoms with Gasteiger partial charge in [0.05, 0.1) is 11.7 Å². The number of aliphatic hydroxyl groups is 2. The molecule has 6 atom stereocenters. The lowest BCUT2D eigenvalue weighted by Gasteiger charge is -2.57. The van der Waals surface area contributed by atoms with Crippen LogP contribution in [-0.2, 0) is 14.3 Å². The maximum Gasteiger partial charge on any atom is 0.302 e. The summed E-state index contributed by atoms with van der Waals surface area (Å²) in [7, 11) is 0. The van der Waals surface area contributed by atoms with Crippen LogP contribution >= 0.6 is 0 Å². The Morgan fingerprint density at radius 2 is 1.95 bits per heavy atom. The summed E-state index contributed by atoms with van der Waals surface area (Å²) in [5.41, 5.74) is -1.94. The van der Waals surface area contributed by atoms with Crippen LogP contribution in [-0.4, -0.2) is 39.8 Å². The predicted octanol–water partition coefficient (Wildman–Crippen LogP) is 1.69. The molecule has 22 heavy (non-hydrogen) atoms. The van der Waals surface area contributed by atoms with Crippen molar-refractivity contribution in [3.05, 3.63) is 0 Å². The highest BCUT2D eigenvalue weighted by molar-refractivity contribution is 5.86. The van der Waals surface area contributed by atoms with E-state index in [0.29, 0.717) is 19.3 Å². The average molecular weight is 312 g/mol. The van der Waals surface area contributed by atoms with Gasteiger partial charge in [-0.2, -0.15) is 0 Å². The Hall–Kier alpha value is -0.940. The molecule has 5 heteroatoms. The number of hydrogen-bond acceptors (Lipinski definition) is 5. The largest absolute Gasteiger partial charge is 0.462 e. The highest BCUT2D eigenvalue weighted by atomic mass is 16.5. The molecule has 0 saturated heterocycles. The molecule has 0 aromatic heterocycles. The van der Waals surface area contributed by atoms with E-state index >= 15 is 0 Å². The number of rotatable bonds is 2. The standard InChI is InChI=1S/C17H28O5/c1-9(2)13-11(19)8-16(4)12(20)6-7-17(5,21)15(16)14(13)22-10(3)18/h9,11,13-15,19,21H,6-8H2,1-5H3/t11-,13+,14+,15+,16-,17+/m0/s1. The van der Waals surface area contributed by atoms with Crippen molar-refractivity contribution in [1.82, 2.24) is 0 Å². The maximum absolute atomic E-state index is 12.5. The molecule has 126 valence electrons. The van der Waals surface area contributed by atoms with E-state index in [1.54, 1.807) is 13.8 Å². The minimum atomic E-state index is -1.09. The Bertz CT molecular complexity index is 470. The number of Topliss-reactive ketones (excluding diaryl/α,β-unsaturated/α-hetero) is 1. The third-order valence-corrected chi connectivity index (χ3v) is 5.71. The fourth-order valence-electron chi connectivity index (χ4n) is 4.80. The Morgan fingerprint density at radius 3 is 2.45 bits per heavy atom. The van der Waals surface area contributed by atoms with Gasteiger partial charge in [0.2, 0.25) is 0 Å². The molecule has 0 amide bonds. The van der Waals surface area contributed by atoms with Gasteiger partial charge in [-0.1, -0.05) is 20.8 Å². The molecule has 0 aromatic carbocycles. The fourth-order valence-corrected chi connectivity index (χ4v) is 4.80. The first kappa shape index (κ1) is 17.4. The molecular formula is C17H28O5. The number of carbonyl (C=O) groups is 2. The zero-order valence-corrected chi connectivity index (χ0v) is 14.1. The van der Waals surface area contributed by atoms with Gasteiger partial charge < -0.3 is 14.9 Å². The van der Waals surface area contributed by atoms with Gasteiger partial charge in [-0.3, -0.25) is 9.59 Å². The highest BCUT2D eigenvalue weighted by Gasteiger charge is 2.63. The summed E-state index contributed by atoms with van der Waals surface area (Å²) in [6.07, 6.45) is -0.391. The summed E-state index contributed by atoms with van der Waals surface area (Å²) in [5.74, 6) is -1.08. The smallest absolute Gasteiger partial charge is 0.302 e. The van der Waals surface area contributed by atoms with Crippen LogP contribution < -0.4 is 0 Å². The minimum Gasteiger partial charge on any atom is -0.462 e. The van der Waals surface area contributed by atoms with Crippen molar-refractivity contribution in [2.75, 3.05) is 0 Å². The Labute approximate surface area is 132 Å². The SMILES string of the molecule is CC(=O)O[C@@H]1[C@H](C(C)C)[C@@H](O)C[C@@]2(C)C(=O)CC[C@@](C)(O)[C@H]12. The molecule has 2 saturated carbocycles. The van der Waals surface area contributed by atoms with Gasteiger partial charge in [-0.25, -0.2) is 0 Å². The van der Waals surface area contributed by atoms with E-state index in [9.17, 15) is 19.8 Å². The second kappa shape index (κ2) is 5.60. The highest BCUT2D eigenvalue weighted by Crippen LogP contribution is 2.55. The van der Waals surface area contributed by atoms with Gasteiger partial charge in [0.15, 0.2) is 0 Å². The Kier molecular flexibility index (Phi) is 4.44. The fraction of sp³-hybridized carbons (Fsp3) is 0.882. The summed E-state index contributed by atoms with van der Waals surface area (Å²) >= 11 is 0. The van der Waals surface area contributed by atoms with Gasteiger partial charge in [0, 0.05) is 30.6 Å². The quantitative estimate of drug-likeness (QED) is 0.758. The molecule has 0 spiro atoms. The second-order valence-electron chi connectivity index (χ2n) is 7.84. The molecule has 2 rings (SSSR count). The molecule has 0 aliphatic heterocycles. The summed E-state index contributed by atoms with van der Waals surface area (Å²) in [6, 6.07) is 0. The number of carbonyl (C=O) groups excluding carboxylic acids is 2. The van der Waals surface area contributed by atoms with Crippen LogP contribution in [0.4, 0.5) is 0 Å². The number of hydrogen-bond donors (Lipinski definition) is 2. The number of fused-ring (bicyclic) bond motifs is 1. The first-order chi connectivity index (χ1) is 10.0. The van der Waals surface area contributed by atoms with Crippen molar-refractivity contribution < 1.29 is 24.5 Å². The number of ketones is 1. The third-order valence-electron chi connectivity index (χ3n) is 5.71. The Morgan fingerprint density at radius 1 is 1.36 bits per heavy atom. The molecular weight excluding hydrogens is 284 g/mol. The molecule has 0 heterocycles. The summed E-state index contributed by atoms with van der Waals surface area (Å²) in [4.78, 5) is 24.1. The summed E-state index contributed by atoms with van der Waals surface area (Å²) in [6.45, 7) is 8.77. The molecule has 2 aliphatic carbocycles. The second-order valence-corrected chi connectivity index (χ2v) is 7.84. The van der Waals surface area contributed by atoms with E-state index < -0.39 is 35.1 Å². The first-order valence-electron chi connectivity index (χ1n) is 8.11. The van der Waals surface area contributed by atoms with E-state index in [-0.39, 0.29) is 17.6 Å². The molecule has 2 fully saturated rings. The zero-order chi connectivity index (χ0) is 16.9. The Balaban J connectivity index is 2.53. The van der Waals surface area contributed by atoms with Crippen LogP contribution in [0.1, 0.15) is 53.9 Å². The molecule has 0 unspecified atom stereocenters.